The summed E-state index contributed by atoms with van der Waals surface area (Å²) in [5, 5.41) is 8.35. The largest absolute Gasteiger partial charge is 0.365 e. The van der Waals surface area contributed by atoms with Gasteiger partial charge in [-0.1, -0.05) is 6.08 Å². The van der Waals surface area contributed by atoms with Crippen molar-refractivity contribution in [2.24, 2.45) is 11.7 Å². The SMILES string of the molecule is N#C/C(=C/C1CC1)C(N)=O. The predicted molar refractivity (Wildman–Crippen MR) is 35.6 cm³/mol. The molecule has 0 spiro atoms. The van der Waals surface area contributed by atoms with Crippen LogP contribution in [-0.2, 0) is 4.79 Å². The molecule has 0 unspecified atom stereocenters. The minimum Gasteiger partial charge on any atom is -0.365 e. The second-order valence-corrected chi connectivity index (χ2v) is 2.39. The summed E-state index contributed by atoms with van der Waals surface area (Å²) in [6, 6.07) is 1.76. The molecule has 1 rings (SSSR count). The zero-order valence-corrected chi connectivity index (χ0v) is 5.50. The molecule has 0 heterocycles. The first-order valence-corrected chi connectivity index (χ1v) is 3.15. The standard InChI is InChI=1S/C7H8N2O/c8-4-6(7(9)10)3-5-1-2-5/h3,5H,1-2H2,(H2,9,10)/b6-3-. The lowest BCUT2D eigenvalue weighted by Crippen LogP contribution is -2.12. The Hall–Kier alpha value is -1.30. The summed E-state index contributed by atoms with van der Waals surface area (Å²) in [5.74, 6) is -0.184. The Morgan fingerprint density at radius 2 is 2.30 bits per heavy atom. The van der Waals surface area contributed by atoms with Gasteiger partial charge in [0.05, 0.1) is 0 Å². The molecule has 0 aromatic rings. The Morgan fingerprint density at radius 3 is 2.60 bits per heavy atom. The second-order valence-electron chi connectivity index (χ2n) is 2.39. The third-order valence-electron chi connectivity index (χ3n) is 1.41. The third kappa shape index (κ3) is 1.59. The predicted octanol–water partition coefficient (Wildman–Crippen LogP) is 0.332. The van der Waals surface area contributed by atoms with Crippen molar-refractivity contribution in [3.63, 3.8) is 0 Å². The number of primary amides is 1. The van der Waals surface area contributed by atoms with E-state index in [1.165, 1.54) is 0 Å². The highest BCUT2D eigenvalue weighted by Gasteiger charge is 2.20. The van der Waals surface area contributed by atoms with Crippen LogP contribution in [-0.4, -0.2) is 5.91 Å². The Morgan fingerprint density at radius 1 is 1.70 bits per heavy atom. The van der Waals surface area contributed by atoms with Gasteiger partial charge >= 0.3 is 0 Å². The van der Waals surface area contributed by atoms with E-state index >= 15 is 0 Å². The first-order chi connectivity index (χ1) is 4.74. The number of allylic oxidation sites excluding steroid dienone is 1. The van der Waals surface area contributed by atoms with Gasteiger partial charge in [0.25, 0.3) is 5.91 Å². The van der Waals surface area contributed by atoms with E-state index in [1.54, 1.807) is 12.1 Å². The van der Waals surface area contributed by atoms with Crippen LogP contribution in [0.5, 0.6) is 0 Å². The summed E-state index contributed by atoms with van der Waals surface area (Å²) >= 11 is 0. The fraction of sp³-hybridized carbons (Fsp3) is 0.429. The van der Waals surface area contributed by atoms with Crippen LogP contribution in [0, 0.1) is 17.2 Å². The molecule has 2 N–H and O–H groups in total. The lowest BCUT2D eigenvalue weighted by Gasteiger charge is -1.86. The van der Waals surface area contributed by atoms with E-state index < -0.39 is 5.91 Å². The molecule has 1 saturated carbocycles. The normalized spacial score (nSPS) is 18.1. The quantitative estimate of drug-likeness (QED) is 0.439. The van der Waals surface area contributed by atoms with Crippen LogP contribution in [0.1, 0.15) is 12.8 Å². The van der Waals surface area contributed by atoms with Crippen LogP contribution in [0.4, 0.5) is 0 Å². The summed E-state index contributed by atoms with van der Waals surface area (Å²) in [4.78, 5) is 10.4. The second kappa shape index (κ2) is 2.53. The van der Waals surface area contributed by atoms with Gasteiger partial charge in [-0.15, -0.1) is 0 Å². The fourth-order valence-corrected chi connectivity index (χ4v) is 0.673. The number of carbonyl (C=O) groups excluding carboxylic acids is 1. The highest BCUT2D eigenvalue weighted by Crippen LogP contribution is 2.31. The minimum atomic E-state index is -0.616. The number of carbonyl (C=O) groups is 1. The molecule has 1 fully saturated rings. The van der Waals surface area contributed by atoms with Gasteiger partial charge in [-0.05, 0) is 18.8 Å². The summed E-state index contributed by atoms with van der Waals surface area (Å²) in [5.41, 5.74) is 4.99. The van der Waals surface area contributed by atoms with Crippen molar-refractivity contribution in [3.8, 4) is 6.07 Å². The van der Waals surface area contributed by atoms with Gasteiger partial charge in [0.15, 0.2) is 0 Å². The van der Waals surface area contributed by atoms with Gasteiger partial charge in [0, 0.05) is 0 Å². The number of nitriles is 1. The fourth-order valence-electron chi connectivity index (χ4n) is 0.673. The van der Waals surface area contributed by atoms with E-state index in [2.05, 4.69) is 0 Å². The van der Waals surface area contributed by atoms with E-state index in [0.29, 0.717) is 5.92 Å². The first kappa shape index (κ1) is 6.81. The van der Waals surface area contributed by atoms with Crippen molar-refractivity contribution >= 4 is 5.91 Å². The van der Waals surface area contributed by atoms with Gasteiger partial charge in [-0.3, -0.25) is 4.79 Å². The number of nitrogens with zero attached hydrogens (tertiary/aromatic N) is 1. The minimum absolute atomic E-state index is 0.0995. The van der Waals surface area contributed by atoms with Crippen molar-refractivity contribution in [2.45, 2.75) is 12.8 Å². The average molecular weight is 136 g/mol. The number of hydrogen-bond acceptors (Lipinski definition) is 2. The van der Waals surface area contributed by atoms with Crippen LogP contribution in [0.15, 0.2) is 11.6 Å². The molecule has 0 bridgehead atoms. The highest BCUT2D eigenvalue weighted by molar-refractivity contribution is 5.95. The molecule has 0 aliphatic heterocycles. The maximum atomic E-state index is 10.4. The maximum absolute atomic E-state index is 10.4. The van der Waals surface area contributed by atoms with Gasteiger partial charge in [0.2, 0.25) is 0 Å². The molecule has 0 radical (unpaired) electrons. The first-order valence-electron chi connectivity index (χ1n) is 3.15. The summed E-state index contributed by atoms with van der Waals surface area (Å²) in [7, 11) is 0. The Balaban J connectivity index is 2.64. The molecule has 1 aliphatic rings. The van der Waals surface area contributed by atoms with E-state index in [0.717, 1.165) is 12.8 Å². The molecule has 0 aromatic heterocycles. The summed E-state index contributed by atoms with van der Waals surface area (Å²) in [6.45, 7) is 0. The average Bonchev–Trinajstić information content (AvgIpc) is 2.64. The van der Waals surface area contributed by atoms with E-state index in [-0.39, 0.29) is 5.57 Å². The summed E-state index contributed by atoms with van der Waals surface area (Å²) < 4.78 is 0. The molecule has 0 aromatic carbocycles. The zero-order chi connectivity index (χ0) is 7.56. The zero-order valence-electron chi connectivity index (χ0n) is 5.50. The molecule has 52 valence electrons. The van der Waals surface area contributed by atoms with E-state index in [1.807, 2.05) is 0 Å². The van der Waals surface area contributed by atoms with Gasteiger partial charge < -0.3 is 5.73 Å². The lowest BCUT2D eigenvalue weighted by molar-refractivity contribution is -0.114. The van der Waals surface area contributed by atoms with Crippen LogP contribution in [0.2, 0.25) is 0 Å². The van der Waals surface area contributed by atoms with Crippen LogP contribution >= 0.6 is 0 Å². The smallest absolute Gasteiger partial charge is 0.259 e. The Bertz CT molecular complexity index is 220. The van der Waals surface area contributed by atoms with Gasteiger partial charge in [-0.25, -0.2) is 0 Å². The van der Waals surface area contributed by atoms with Crippen LogP contribution < -0.4 is 5.73 Å². The number of nitrogens with two attached hydrogens (primary N) is 1. The molecule has 3 heteroatoms. The molecule has 0 saturated heterocycles. The molecular formula is C7H8N2O. The van der Waals surface area contributed by atoms with Crippen LogP contribution in [0.25, 0.3) is 0 Å². The lowest BCUT2D eigenvalue weighted by atomic mass is 10.2. The summed E-state index contributed by atoms with van der Waals surface area (Å²) in [6.07, 6.45) is 3.82. The van der Waals surface area contributed by atoms with Gasteiger partial charge in [-0.2, -0.15) is 5.26 Å². The van der Waals surface area contributed by atoms with Crippen molar-refractivity contribution in [1.29, 1.82) is 5.26 Å². The molecule has 3 nitrogen and oxygen atoms in total. The highest BCUT2D eigenvalue weighted by atomic mass is 16.1. The molecule has 0 atom stereocenters. The van der Waals surface area contributed by atoms with Crippen LogP contribution in [0.3, 0.4) is 0 Å². The Kier molecular flexibility index (Phi) is 1.72. The van der Waals surface area contributed by atoms with E-state index in [9.17, 15) is 4.79 Å². The van der Waals surface area contributed by atoms with Crippen molar-refractivity contribution in [3.05, 3.63) is 11.6 Å². The third-order valence-corrected chi connectivity index (χ3v) is 1.41. The molecular weight excluding hydrogens is 128 g/mol. The van der Waals surface area contributed by atoms with Crippen molar-refractivity contribution in [1.82, 2.24) is 0 Å². The maximum Gasteiger partial charge on any atom is 0.259 e. The van der Waals surface area contributed by atoms with Crippen molar-refractivity contribution < 1.29 is 4.79 Å². The number of amides is 1. The van der Waals surface area contributed by atoms with Crippen molar-refractivity contribution in [2.75, 3.05) is 0 Å². The topological polar surface area (TPSA) is 66.9 Å². The van der Waals surface area contributed by atoms with Gasteiger partial charge in [0.1, 0.15) is 11.6 Å². The number of rotatable bonds is 2. The molecule has 1 amide bonds. The van der Waals surface area contributed by atoms with E-state index in [4.69, 9.17) is 11.0 Å². The monoisotopic (exact) mass is 136 g/mol. The number of hydrogen-bond donors (Lipinski definition) is 1. The molecule has 10 heavy (non-hydrogen) atoms. The molecule has 1 aliphatic carbocycles. The Labute approximate surface area is 59.1 Å².